The molecule has 0 fully saturated rings. The lowest BCUT2D eigenvalue weighted by Gasteiger charge is -2.15. The van der Waals surface area contributed by atoms with Crippen molar-refractivity contribution in [2.75, 3.05) is 20.1 Å². The van der Waals surface area contributed by atoms with Crippen LogP contribution < -0.4 is 10.6 Å². The summed E-state index contributed by atoms with van der Waals surface area (Å²) in [5.41, 5.74) is 1.35. The van der Waals surface area contributed by atoms with Crippen LogP contribution in [0.3, 0.4) is 0 Å². The molecule has 0 aliphatic rings. The number of aryl methyl sites for hydroxylation is 1. The van der Waals surface area contributed by atoms with Crippen molar-refractivity contribution < 1.29 is 4.52 Å². The van der Waals surface area contributed by atoms with Crippen molar-refractivity contribution in [3.8, 4) is 0 Å². The summed E-state index contributed by atoms with van der Waals surface area (Å²) in [6, 6.07) is 2.16. The van der Waals surface area contributed by atoms with Crippen molar-refractivity contribution in [1.82, 2.24) is 20.8 Å². The smallest absolute Gasteiger partial charge is 0.228 e. The van der Waals surface area contributed by atoms with Gasteiger partial charge >= 0.3 is 0 Å². The summed E-state index contributed by atoms with van der Waals surface area (Å²) in [5.74, 6) is 2.54. The summed E-state index contributed by atoms with van der Waals surface area (Å²) in [5, 5.41) is 14.6. The summed E-state index contributed by atoms with van der Waals surface area (Å²) in [4.78, 5) is 8.37. The van der Waals surface area contributed by atoms with Gasteiger partial charge in [0.05, 0.1) is 0 Å². The minimum absolute atomic E-state index is 0.452. The SMILES string of the molecule is CN=C(NCCc1nc(C)no1)NCC(C)c1ccsc1. The molecule has 6 nitrogen and oxygen atoms in total. The third-order valence-electron chi connectivity index (χ3n) is 3.11. The number of guanidine groups is 1. The molecule has 0 bridgehead atoms. The van der Waals surface area contributed by atoms with Crippen LogP contribution in [0.25, 0.3) is 0 Å². The number of rotatable bonds is 6. The molecule has 2 aromatic rings. The van der Waals surface area contributed by atoms with Gasteiger partial charge in [-0.3, -0.25) is 4.99 Å². The van der Waals surface area contributed by atoms with Gasteiger partial charge in [-0.2, -0.15) is 16.3 Å². The van der Waals surface area contributed by atoms with Gasteiger partial charge in [0.2, 0.25) is 5.89 Å². The average Bonchev–Trinajstić information content (AvgIpc) is 3.14. The summed E-state index contributed by atoms with van der Waals surface area (Å²) >= 11 is 1.72. The van der Waals surface area contributed by atoms with Gasteiger partial charge in [-0.05, 0) is 35.2 Å². The van der Waals surface area contributed by atoms with Crippen molar-refractivity contribution in [2.24, 2.45) is 4.99 Å². The molecule has 0 saturated heterocycles. The zero-order valence-corrected chi connectivity index (χ0v) is 13.4. The second-order valence-corrected chi connectivity index (χ2v) is 5.60. The van der Waals surface area contributed by atoms with Crippen LogP contribution in [0.15, 0.2) is 26.3 Å². The number of hydrogen-bond donors (Lipinski definition) is 2. The largest absolute Gasteiger partial charge is 0.356 e. The second kappa shape index (κ2) is 7.78. The molecule has 2 rings (SSSR count). The number of hydrogen-bond acceptors (Lipinski definition) is 5. The molecule has 1 unspecified atom stereocenters. The van der Waals surface area contributed by atoms with Gasteiger partial charge in [-0.15, -0.1) is 0 Å². The maximum Gasteiger partial charge on any atom is 0.228 e. The third-order valence-corrected chi connectivity index (χ3v) is 3.81. The van der Waals surface area contributed by atoms with Crippen LogP contribution in [-0.4, -0.2) is 36.2 Å². The number of nitrogens with zero attached hydrogens (tertiary/aromatic N) is 3. The zero-order valence-electron chi connectivity index (χ0n) is 12.6. The zero-order chi connectivity index (χ0) is 15.1. The van der Waals surface area contributed by atoms with E-state index in [-0.39, 0.29) is 0 Å². The van der Waals surface area contributed by atoms with Gasteiger partial charge in [0, 0.05) is 26.6 Å². The van der Waals surface area contributed by atoms with E-state index in [0.29, 0.717) is 30.6 Å². The highest BCUT2D eigenvalue weighted by Crippen LogP contribution is 2.16. The fraction of sp³-hybridized carbons (Fsp3) is 0.500. The van der Waals surface area contributed by atoms with E-state index in [0.717, 1.165) is 12.5 Å². The lowest BCUT2D eigenvalue weighted by atomic mass is 10.1. The number of thiophene rings is 1. The molecular weight excluding hydrogens is 286 g/mol. The molecule has 7 heteroatoms. The molecule has 0 aliphatic carbocycles. The molecule has 2 heterocycles. The third kappa shape index (κ3) is 4.86. The molecule has 0 spiro atoms. The Bertz CT molecular complexity index is 564. The van der Waals surface area contributed by atoms with E-state index in [4.69, 9.17) is 4.52 Å². The quantitative estimate of drug-likeness (QED) is 0.630. The summed E-state index contributed by atoms with van der Waals surface area (Å²) in [6.07, 6.45) is 0.682. The Morgan fingerprint density at radius 3 is 2.95 bits per heavy atom. The topological polar surface area (TPSA) is 75.3 Å². The standard InChI is InChI=1S/C14H21N5OS/c1-10(12-5-7-21-9-12)8-17-14(15-3)16-6-4-13-18-11(2)19-20-13/h5,7,9-10H,4,6,8H2,1-3H3,(H2,15,16,17). The first-order valence-corrected chi connectivity index (χ1v) is 7.89. The van der Waals surface area contributed by atoms with E-state index >= 15 is 0 Å². The number of aromatic nitrogens is 2. The number of nitrogens with one attached hydrogen (secondary N) is 2. The normalized spacial score (nSPS) is 13.2. The number of aliphatic imine (C=N–C) groups is 1. The van der Waals surface area contributed by atoms with Gasteiger partial charge in [0.1, 0.15) is 0 Å². The molecule has 0 saturated carbocycles. The van der Waals surface area contributed by atoms with E-state index in [9.17, 15) is 0 Å². The summed E-state index contributed by atoms with van der Waals surface area (Å²) in [7, 11) is 1.77. The lowest BCUT2D eigenvalue weighted by Crippen LogP contribution is -2.39. The van der Waals surface area contributed by atoms with Gasteiger partial charge in [0.25, 0.3) is 0 Å². The molecule has 0 aliphatic heterocycles. The van der Waals surface area contributed by atoms with Crippen LogP contribution in [-0.2, 0) is 6.42 Å². The summed E-state index contributed by atoms with van der Waals surface area (Å²) in [6.45, 7) is 5.56. The molecule has 0 radical (unpaired) electrons. The Morgan fingerprint density at radius 2 is 2.33 bits per heavy atom. The van der Waals surface area contributed by atoms with E-state index in [2.05, 4.69) is 49.5 Å². The van der Waals surface area contributed by atoms with Crippen LogP contribution in [0, 0.1) is 6.92 Å². The highest BCUT2D eigenvalue weighted by Gasteiger charge is 2.07. The van der Waals surface area contributed by atoms with E-state index in [1.807, 2.05) is 6.92 Å². The molecule has 2 aromatic heterocycles. The first-order chi connectivity index (χ1) is 10.2. The predicted molar refractivity (Wildman–Crippen MR) is 84.8 cm³/mol. The Hall–Kier alpha value is -1.89. The van der Waals surface area contributed by atoms with Crippen LogP contribution in [0.2, 0.25) is 0 Å². The molecule has 1 atom stereocenters. The van der Waals surface area contributed by atoms with E-state index in [1.54, 1.807) is 18.4 Å². The molecular formula is C14H21N5OS. The Morgan fingerprint density at radius 1 is 1.48 bits per heavy atom. The molecule has 21 heavy (non-hydrogen) atoms. The molecule has 2 N–H and O–H groups in total. The van der Waals surface area contributed by atoms with Gasteiger partial charge in [-0.25, -0.2) is 0 Å². The Balaban J connectivity index is 1.71. The minimum atomic E-state index is 0.452. The van der Waals surface area contributed by atoms with Crippen molar-refractivity contribution in [3.63, 3.8) is 0 Å². The maximum absolute atomic E-state index is 5.07. The van der Waals surface area contributed by atoms with Crippen molar-refractivity contribution >= 4 is 17.3 Å². The average molecular weight is 307 g/mol. The Labute approximate surface area is 128 Å². The highest BCUT2D eigenvalue weighted by molar-refractivity contribution is 7.07. The lowest BCUT2D eigenvalue weighted by molar-refractivity contribution is 0.374. The fourth-order valence-electron chi connectivity index (χ4n) is 1.87. The van der Waals surface area contributed by atoms with E-state index in [1.165, 1.54) is 5.56 Å². The van der Waals surface area contributed by atoms with E-state index < -0.39 is 0 Å². The highest BCUT2D eigenvalue weighted by atomic mass is 32.1. The molecule has 114 valence electrons. The van der Waals surface area contributed by atoms with Crippen molar-refractivity contribution in [2.45, 2.75) is 26.2 Å². The van der Waals surface area contributed by atoms with Gasteiger partial charge < -0.3 is 15.2 Å². The first kappa shape index (κ1) is 15.5. The fourth-order valence-corrected chi connectivity index (χ4v) is 2.66. The molecule has 0 amide bonds. The molecule has 0 aromatic carbocycles. The van der Waals surface area contributed by atoms with Crippen LogP contribution in [0.5, 0.6) is 0 Å². The first-order valence-electron chi connectivity index (χ1n) is 6.95. The van der Waals surface area contributed by atoms with Crippen molar-refractivity contribution in [1.29, 1.82) is 0 Å². The van der Waals surface area contributed by atoms with Gasteiger partial charge in [-0.1, -0.05) is 12.1 Å². The minimum Gasteiger partial charge on any atom is -0.356 e. The van der Waals surface area contributed by atoms with Crippen LogP contribution in [0.4, 0.5) is 0 Å². The summed E-state index contributed by atoms with van der Waals surface area (Å²) < 4.78 is 5.07. The Kier molecular flexibility index (Phi) is 5.74. The maximum atomic E-state index is 5.07. The van der Waals surface area contributed by atoms with Crippen LogP contribution >= 0.6 is 11.3 Å². The van der Waals surface area contributed by atoms with Crippen LogP contribution in [0.1, 0.15) is 30.1 Å². The van der Waals surface area contributed by atoms with Gasteiger partial charge in [0.15, 0.2) is 11.8 Å². The monoisotopic (exact) mass is 307 g/mol. The predicted octanol–water partition coefficient (Wildman–Crippen LogP) is 1.95. The second-order valence-electron chi connectivity index (χ2n) is 4.82. The van der Waals surface area contributed by atoms with Crippen molar-refractivity contribution in [3.05, 3.63) is 34.1 Å².